The van der Waals surface area contributed by atoms with Crippen LogP contribution in [0, 0.1) is 5.92 Å². The molecular weight excluding hydrogens is 610 g/mol. The topological polar surface area (TPSA) is 126 Å². The van der Waals surface area contributed by atoms with Crippen LogP contribution in [0.3, 0.4) is 0 Å². The Morgan fingerprint density at radius 1 is 1.00 bits per heavy atom. The lowest BCUT2D eigenvalue weighted by molar-refractivity contribution is -0.110. The van der Waals surface area contributed by atoms with Crippen molar-refractivity contribution in [1.29, 1.82) is 0 Å². The number of hydrazine groups is 1. The average molecular weight is 651 g/mol. The molecule has 1 fully saturated rings. The molecule has 1 aliphatic heterocycles. The molecule has 47 heavy (non-hydrogen) atoms. The van der Waals surface area contributed by atoms with Crippen molar-refractivity contribution in [2.45, 2.75) is 26.3 Å². The first-order chi connectivity index (χ1) is 23.0. The summed E-state index contributed by atoms with van der Waals surface area (Å²) in [6, 6.07) is 15.0. The van der Waals surface area contributed by atoms with Gasteiger partial charge in [0.15, 0.2) is 11.6 Å². The molecule has 1 aromatic heterocycles. The van der Waals surface area contributed by atoms with E-state index in [0.717, 1.165) is 56.5 Å². The Labute approximate surface area is 272 Å². The van der Waals surface area contributed by atoms with E-state index < -0.39 is 11.9 Å². The summed E-state index contributed by atoms with van der Waals surface area (Å²) in [5.74, 6) is -0.161. The van der Waals surface area contributed by atoms with Crippen LogP contribution in [-0.4, -0.2) is 66.6 Å². The van der Waals surface area contributed by atoms with Crippen molar-refractivity contribution < 1.29 is 27.8 Å². The zero-order valence-corrected chi connectivity index (χ0v) is 26.2. The van der Waals surface area contributed by atoms with Gasteiger partial charge >= 0.3 is 6.03 Å². The summed E-state index contributed by atoms with van der Waals surface area (Å²) in [6.45, 7) is 6.29. The van der Waals surface area contributed by atoms with Gasteiger partial charge in [-0.05, 0) is 74.4 Å². The first kappa shape index (κ1) is 34.5. The second kappa shape index (κ2) is 18.5. The highest BCUT2D eigenvalue weighted by molar-refractivity contribution is 5.89. The highest BCUT2D eigenvalue weighted by Gasteiger charge is 2.18. The Morgan fingerprint density at radius 3 is 2.28 bits per heavy atom. The molecule has 1 aliphatic rings. The molecule has 0 saturated carbocycles. The summed E-state index contributed by atoms with van der Waals surface area (Å²) in [5, 5.41) is 6.78. The molecule has 3 aromatic rings. The average Bonchev–Trinajstić information content (AvgIpc) is 3.62. The van der Waals surface area contributed by atoms with E-state index in [9.17, 15) is 18.4 Å². The Bertz CT molecular complexity index is 1470. The van der Waals surface area contributed by atoms with Crippen LogP contribution in [-0.2, 0) is 16.1 Å². The van der Waals surface area contributed by atoms with Crippen molar-refractivity contribution in [3.63, 3.8) is 0 Å². The predicted octanol–water partition coefficient (Wildman–Crippen LogP) is 5.12. The number of nitrogens with zero attached hydrogens (tertiary/aromatic N) is 5. The number of halogens is 2. The van der Waals surface area contributed by atoms with E-state index in [-0.39, 0.29) is 24.6 Å². The third kappa shape index (κ3) is 11.2. The normalized spacial score (nSPS) is 14.5. The van der Waals surface area contributed by atoms with Gasteiger partial charge in [-0.2, -0.15) is 5.10 Å². The van der Waals surface area contributed by atoms with Crippen LogP contribution in [0.2, 0.25) is 0 Å². The number of nitrogens with one attached hydrogen (secondary N) is 3. The van der Waals surface area contributed by atoms with Crippen LogP contribution in [0.4, 0.5) is 30.6 Å². The monoisotopic (exact) mass is 650 g/mol. The lowest BCUT2D eigenvalue weighted by atomic mass is 10.1. The van der Waals surface area contributed by atoms with Gasteiger partial charge in [-0.15, -0.1) is 0 Å². The first-order valence-corrected chi connectivity index (χ1v) is 15.3. The van der Waals surface area contributed by atoms with Crippen LogP contribution in [0.15, 0.2) is 97.3 Å². The standard InChI is InChI=1S/C33H40F2N8O4/c1-2-4-32(31(35)14-15-34)47-22-26(5-3-16-43-24-36-23-38-43)21-46-30-12-10-29(11-13-30)42-19-17-41(18-20-42)28-8-6-27(7-9-28)39-33(45)40-37-25-44/h2,4,6-15,23-26H,3,5,16-22H2,1H3,(H,37,44)(H2,39,40,45)/b4-2-,15-14+,32-31-/t26-/m1/s1. The number of anilines is 3. The van der Waals surface area contributed by atoms with Gasteiger partial charge in [-0.1, -0.05) is 6.08 Å². The number of amides is 3. The van der Waals surface area contributed by atoms with Gasteiger partial charge < -0.3 is 24.6 Å². The smallest absolute Gasteiger partial charge is 0.337 e. The SMILES string of the molecule is C\C=C/C(OC[C@H](CCCn1cncn1)COc1ccc(N2CCN(c3ccc(NC(=O)NNC=O)cc3)CC2)cc1)=C(F)\C=C\F. The summed E-state index contributed by atoms with van der Waals surface area (Å²) in [6.07, 6.45) is 9.03. The number of aromatic nitrogens is 3. The zero-order chi connectivity index (χ0) is 33.3. The second-order valence-electron chi connectivity index (χ2n) is 10.6. The highest BCUT2D eigenvalue weighted by Crippen LogP contribution is 2.25. The molecule has 0 spiro atoms. The number of carbonyl (C=O) groups is 2. The van der Waals surface area contributed by atoms with Gasteiger partial charge in [-0.3, -0.25) is 14.9 Å². The molecule has 3 amide bonds. The molecule has 0 unspecified atom stereocenters. The molecule has 4 rings (SSSR count). The lowest BCUT2D eigenvalue weighted by Gasteiger charge is -2.37. The molecule has 3 N–H and O–H groups in total. The maximum Gasteiger partial charge on any atom is 0.337 e. The molecule has 2 aromatic carbocycles. The van der Waals surface area contributed by atoms with Crippen LogP contribution in [0.5, 0.6) is 5.75 Å². The molecular formula is C33H40F2N8O4. The van der Waals surface area contributed by atoms with Crippen molar-refractivity contribution in [1.82, 2.24) is 25.6 Å². The number of carbonyl (C=O) groups excluding carboxylic acids is 2. The van der Waals surface area contributed by atoms with E-state index in [1.807, 2.05) is 48.5 Å². The quantitative estimate of drug-likeness (QED) is 0.0796. The number of urea groups is 1. The van der Waals surface area contributed by atoms with Crippen molar-refractivity contribution in [2.75, 3.05) is 54.5 Å². The fourth-order valence-electron chi connectivity index (χ4n) is 5.00. The molecule has 14 heteroatoms. The number of aryl methyl sites for hydroxylation is 1. The number of piperazine rings is 1. The van der Waals surface area contributed by atoms with Crippen molar-refractivity contribution in [2.24, 2.45) is 5.92 Å². The molecule has 0 aliphatic carbocycles. The van der Waals surface area contributed by atoms with Crippen LogP contribution in [0.1, 0.15) is 19.8 Å². The number of rotatable bonds is 17. The number of ether oxygens (including phenoxy) is 2. The molecule has 1 atom stereocenters. The van der Waals surface area contributed by atoms with Gasteiger partial charge in [-0.25, -0.2) is 24.0 Å². The maximum absolute atomic E-state index is 14.3. The van der Waals surface area contributed by atoms with Crippen LogP contribution in [0.25, 0.3) is 0 Å². The third-order valence-corrected chi connectivity index (χ3v) is 7.41. The molecule has 1 saturated heterocycles. The van der Waals surface area contributed by atoms with Gasteiger partial charge in [0, 0.05) is 61.8 Å². The fourth-order valence-corrected chi connectivity index (χ4v) is 5.00. The lowest BCUT2D eigenvalue weighted by Crippen LogP contribution is -2.46. The predicted molar refractivity (Wildman–Crippen MR) is 176 cm³/mol. The Hall–Kier alpha value is -5.40. The second-order valence-corrected chi connectivity index (χ2v) is 10.6. The summed E-state index contributed by atoms with van der Waals surface area (Å²) < 4.78 is 40.5. The first-order valence-electron chi connectivity index (χ1n) is 15.3. The van der Waals surface area contributed by atoms with Gasteiger partial charge in [0.2, 0.25) is 6.41 Å². The van der Waals surface area contributed by atoms with Crippen molar-refractivity contribution in [3.05, 3.63) is 97.3 Å². The summed E-state index contributed by atoms with van der Waals surface area (Å²) >= 11 is 0. The maximum atomic E-state index is 14.3. The number of hydrogen-bond acceptors (Lipinski definition) is 8. The highest BCUT2D eigenvalue weighted by atomic mass is 19.1. The van der Waals surface area contributed by atoms with Crippen molar-refractivity contribution in [3.8, 4) is 5.75 Å². The van der Waals surface area contributed by atoms with E-state index in [4.69, 9.17) is 9.47 Å². The number of hydrogen-bond donors (Lipinski definition) is 3. The molecule has 12 nitrogen and oxygen atoms in total. The minimum atomic E-state index is -0.786. The van der Waals surface area contributed by atoms with E-state index in [1.165, 1.54) is 12.4 Å². The fraction of sp³-hybridized carbons (Fsp3) is 0.333. The van der Waals surface area contributed by atoms with Crippen LogP contribution < -0.4 is 30.7 Å². The number of allylic oxidation sites excluding steroid dienone is 4. The Morgan fingerprint density at radius 2 is 1.68 bits per heavy atom. The van der Waals surface area contributed by atoms with Gasteiger partial charge in [0.25, 0.3) is 0 Å². The Balaban J connectivity index is 1.27. The third-order valence-electron chi connectivity index (χ3n) is 7.41. The van der Waals surface area contributed by atoms with E-state index in [2.05, 4.69) is 36.1 Å². The van der Waals surface area contributed by atoms with E-state index in [1.54, 1.807) is 24.0 Å². The summed E-state index contributed by atoms with van der Waals surface area (Å²) in [4.78, 5) is 30.6. The molecule has 0 bridgehead atoms. The zero-order valence-electron chi connectivity index (χ0n) is 26.2. The number of benzene rings is 2. The summed E-state index contributed by atoms with van der Waals surface area (Å²) in [5.41, 5.74) is 7.05. The summed E-state index contributed by atoms with van der Waals surface area (Å²) in [7, 11) is 0. The minimum Gasteiger partial charge on any atom is -0.493 e. The van der Waals surface area contributed by atoms with E-state index >= 15 is 0 Å². The van der Waals surface area contributed by atoms with Gasteiger partial charge in [0.05, 0.1) is 19.5 Å². The molecule has 250 valence electrons. The van der Waals surface area contributed by atoms with Crippen molar-refractivity contribution >= 4 is 29.5 Å². The van der Waals surface area contributed by atoms with Crippen LogP contribution >= 0.6 is 0 Å². The minimum absolute atomic E-state index is 0.0321. The van der Waals surface area contributed by atoms with Gasteiger partial charge in [0.1, 0.15) is 18.4 Å². The van der Waals surface area contributed by atoms with E-state index in [0.29, 0.717) is 31.0 Å². The molecule has 2 heterocycles. The molecule has 0 radical (unpaired) electrons. The largest absolute Gasteiger partial charge is 0.493 e. The Kier molecular flexibility index (Phi) is 13.6.